The molecule has 0 spiro atoms. The van der Waals surface area contributed by atoms with E-state index in [-0.39, 0.29) is 0 Å². The molecule has 2 aromatic rings. The first-order chi connectivity index (χ1) is 12.4. The number of hydrogen-bond donors (Lipinski definition) is 0. The van der Waals surface area contributed by atoms with Crippen LogP contribution in [0.15, 0.2) is 54.6 Å². The van der Waals surface area contributed by atoms with Gasteiger partial charge in [0.25, 0.3) is 0 Å². The molecule has 134 valence electrons. The van der Waals surface area contributed by atoms with Gasteiger partial charge in [0.2, 0.25) is 0 Å². The SMILES string of the molecule is c1ccc(COc2ccc(OCCCN3CCCCCC3)cc2)cc1. The average Bonchev–Trinajstić information content (AvgIpc) is 2.94. The molecule has 1 fully saturated rings. The highest BCUT2D eigenvalue weighted by Crippen LogP contribution is 2.19. The average molecular weight is 339 g/mol. The fourth-order valence-electron chi connectivity index (χ4n) is 3.21. The van der Waals surface area contributed by atoms with Crippen LogP contribution < -0.4 is 9.47 Å². The van der Waals surface area contributed by atoms with E-state index in [2.05, 4.69) is 17.0 Å². The van der Waals surface area contributed by atoms with Crippen molar-refractivity contribution in [2.45, 2.75) is 38.7 Å². The van der Waals surface area contributed by atoms with Crippen LogP contribution in [0.3, 0.4) is 0 Å². The molecule has 1 saturated heterocycles. The van der Waals surface area contributed by atoms with E-state index < -0.39 is 0 Å². The van der Waals surface area contributed by atoms with Gasteiger partial charge in [-0.1, -0.05) is 43.2 Å². The van der Waals surface area contributed by atoms with Crippen molar-refractivity contribution in [2.24, 2.45) is 0 Å². The molecule has 0 N–H and O–H groups in total. The van der Waals surface area contributed by atoms with Crippen LogP contribution in [0.25, 0.3) is 0 Å². The summed E-state index contributed by atoms with van der Waals surface area (Å²) >= 11 is 0. The lowest BCUT2D eigenvalue weighted by molar-refractivity contribution is 0.239. The van der Waals surface area contributed by atoms with E-state index in [1.807, 2.05) is 42.5 Å². The van der Waals surface area contributed by atoms with Crippen LogP contribution in [-0.4, -0.2) is 31.1 Å². The summed E-state index contributed by atoms with van der Waals surface area (Å²) in [4.78, 5) is 2.58. The van der Waals surface area contributed by atoms with Crippen molar-refractivity contribution in [3.05, 3.63) is 60.2 Å². The van der Waals surface area contributed by atoms with Gasteiger partial charge in [-0.05, 0) is 62.2 Å². The van der Waals surface area contributed by atoms with Crippen LogP contribution in [-0.2, 0) is 6.61 Å². The largest absolute Gasteiger partial charge is 0.494 e. The third-order valence-electron chi connectivity index (χ3n) is 4.66. The zero-order valence-corrected chi connectivity index (χ0v) is 15.0. The fraction of sp³-hybridized carbons (Fsp3) is 0.455. The van der Waals surface area contributed by atoms with E-state index in [4.69, 9.17) is 9.47 Å². The molecule has 3 rings (SSSR count). The summed E-state index contributed by atoms with van der Waals surface area (Å²) < 4.78 is 11.7. The van der Waals surface area contributed by atoms with Crippen LogP contribution in [0.2, 0.25) is 0 Å². The highest BCUT2D eigenvalue weighted by molar-refractivity contribution is 5.31. The highest BCUT2D eigenvalue weighted by Gasteiger charge is 2.08. The van der Waals surface area contributed by atoms with Gasteiger partial charge in [0, 0.05) is 6.54 Å². The van der Waals surface area contributed by atoms with Gasteiger partial charge in [0.1, 0.15) is 18.1 Å². The minimum absolute atomic E-state index is 0.594. The molecule has 25 heavy (non-hydrogen) atoms. The Bertz CT molecular complexity index is 589. The molecule has 0 aromatic heterocycles. The molecule has 3 heteroatoms. The second-order valence-corrected chi connectivity index (χ2v) is 6.70. The normalized spacial score (nSPS) is 15.5. The molecular weight excluding hydrogens is 310 g/mol. The number of likely N-dealkylation sites (tertiary alicyclic amines) is 1. The smallest absolute Gasteiger partial charge is 0.120 e. The summed E-state index contributed by atoms with van der Waals surface area (Å²) in [7, 11) is 0. The Morgan fingerprint density at radius 2 is 1.36 bits per heavy atom. The molecule has 2 aromatic carbocycles. The lowest BCUT2D eigenvalue weighted by atomic mass is 10.2. The molecule has 1 aliphatic heterocycles. The summed E-state index contributed by atoms with van der Waals surface area (Å²) in [6.45, 7) is 5.04. The maximum Gasteiger partial charge on any atom is 0.120 e. The second kappa shape index (κ2) is 10.1. The Morgan fingerprint density at radius 3 is 2.04 bits per heavy atom. The molecule has 0 amide bonds. The summed E-state index contributed by atoms with van der Waals surface area (Å²) in [5.74, 6) is 1.80. The molecule has 0 bridgehead atoms. The molecule has 0 saturated carbocycles. The summed E-state index contributed by atoms with van der Waals surface area (Å²) in [6.07, 6.45) is 6.58. The first-order valence-corrected chi connectivity index (χ1v) is 9.52. The molecule has 3 nitrogen and oxygen atoms in total. The Balaban J connectivity index is 1.34. The molecule has 1 heterocycles. The van der Waals surface area contributed by atoms with E-state index in [0.29, 0.717) is 6.61 Å². The van der Waals surface area contributed by atoms with E-state index in [0.717, 1.165) is 31.1 Å². The van der Waals surface area contributed by atoms with Crippen molar-refractivity contribution >= 4 is 0 Å². The minimum atomic E-state index is 0.594. The van der Waals surface area contributed by atoms with Crippen LogP contribution in [0, 0.1) is 0 Å². The van der Waals surface area contributed by atoms with Crippen molar-refractivity contribution in [3.8, 4) is 11.5 Å². The first kappa shape index (κ1) is 17.8. The topological polar surface area (TPSA) is 21.7 Å². The van der Waals surface area contributed by atoms with Gasteiger partial charge < -0.3 is 14.4 Å². The molecule has 0 aliphatic carbocycles. The maximum atomic E-state index is 5.86. The molecular formula is C22H29NO2. The highest BCUT2D eigenvalue weighted by atomic mass is 16.5. The molecule has 1 aliphatic rings. The van der Waals surface area contributed by atoms with Crippen molar-refractivity contribution in [1.29, 1.82) is 0 Å². The Labute approximate surface area is 151 Å². The van der Waals surface area contributed by atoms with E-state index >= 15 is 0 Å². The fourth-order valence-corrected chi connectivity index (χ4v) is 3.21. The Morgan fingerprint density at radius 1 is 0.720 bits per heavy atom. The third-order valence-corrected chi connectivity index (χ3v) is 4.66. The van der Waals surface area contributed by atoms with Gasteiger partial charge in [-0.15, -0.1) is 0 Å². The van der Waals surface area contributed by atoms with Crippen molar-refractivity contribution in [2.75, 3.05) is 26.2 Å². The number of benzene rings is 2. The standard InChI is InChI=1S/C22H29NO2/c1-2-7-16-23(15-6-1)17-8-18-24-21-11-13-22(14-12-21)25-19-20-9-4-3-5-10-20/h3-5,9-14H,1-2,6-8,15-19H2. The predicted octanol–water partition coefficient (Wildman–Crippen LogP) is 4.91. The summed E-state index contributed by atoms with van der Waals surface area (Å²) in [6, 6.07) is 18.2. The predicted molar refractivity (Wildman–Crippen MR) is 102 cm³/mol. The second-order valence-electron chi connectivity index (χ2n) is 6.70. The van der Waals surface area contributed by atoms with E-state index in [1.165, 1.54) is 44.3 Å². The maximum absolute atomic E-state index is 5.86. The third kappa shape index (κ3) is 6.43. The van der Waals surface area contributed by atoms with Crippen LogP contribution in [0.1, 0.15) is 37.7 Å². The van der Waals surface area contributed by atoms with Crippen molar-refractivity contribution < 1.29 is 9.47 Å². The minimum Gasteiger partial charge on any atom is -0.494 e. The molecule has 0 unspecified atom stereocenters. The summed E-state index contributed by atoms with van der Waals surface area (Å²) in [5, 5.41) is 0. The molecule has 0 radical (unpaired) electrons. The van der Waals surface area contributed by atoms with Crippen LogP contribution in [0.4, 0.5) is 0 Å². The Kier molecular flexibility index (Phi) is 7.19. The van der Waals surface area contributed by atoms with E-state index in [9.17, 15) is 0 Å². The van der Waals surface area contributed by atoms with Crippen molar-refractivity contribution in [1.82, 2.24) is 4.90 Å². The Hall–Kier alpha value is -2.00. The number of rotatable bonds is 8. The van der Waals surface area contributed by atoms with E-state index in [1.54, 1.807) is 0 Å². The lowest BCUT2D eigenvalue weighted by Crippen LogP contribution is -2.26. The zero-order chi connectivity index (χ0) is 17.2. The summed E-state index contributed by atoms with van der Waals surface area (Å²) in [5.41, 5.74) is 1.18. The zero-order valence-electron chi connectivity index (χ0n) is 15.0. The van der Waals surface area contributed by atoms with Gasteiger partial charge in [-0.2, -0.15) is 0 Å². The van der Waals surface area contributed by atoms with Crippen LogP contribution >= 0.6 is 0 Å². The van der Waals surface area contributed by atoms with Crippen LogP contribution in [0.5, 0.6) is 11.5 Å². The van der Waals surface area contributed by atoms with Gasteiger partial charge in [-0.3, -0.25) is 0 Å². The number of hydrogen-bond acceptors (Lipinski definition) is 3. The molecule has 0 atom stereocenters. The van der Waals surface area contributed by atoms with Crippen molar-refractivity contribution in [3.63, 3.8) is 0 Å². The quantitative estimate of drug-likeness (QED) is 0.638. The van der Waals surface area contributed by atoms with Gasteiger partial charge >= 0.3 is 0 Å². The monoisotopic (exact) mass is 339 g/mol. The first-order valence-electron chi connectivity index (χ1n) is 9.52. The number of nitrogens with zero attached hydrogens (tertiary/aromatic N) is 1. The van der Waals surface area contributed by atoms with Gasteiger partial charge in [0.05, 0.1) is 6.61 Å². The van der Waals surface area contributed by atoms with Gasteiger partial charge in [-0.25, -0.2) is 0 Å². The number of ether oxygens (including phenoxy) is 2. The van der Waals surface area contributed by atoms with Gasteiger partial charge in [0.15, 0.2) is 0 Å². The lowest BCUT2D eigenvalue weighted by Gasteiger charge is -2.19.